The molecule has 0 unspecified atom stereocenters. The number of hydrogen-bond donors (Lipinski definition) is 1. The van der Waals surface area contributed by atoms with Gasteiger partial charge in [0.1, 0.15) is 6.61 Å². The van der Waals surface area contributed by atoms with Crippen molar-refractivity contribution in [3.8, 4) is 11.5 Å². The summed E-state index contributed by atoms with van der Waals surface area (Å²) in [5.41, 5.74) is 7.86. The summed E-state index contributed by atoms with van der Waals surface area (Å²) in [4.78, 5) is 0. The van der Waals surface area contributed by atoms with E-state index < -0.39 is 0 Å². The van der Waals surface area contributed by atoms with Crippen LogP contribution in [-0.4, -0.2) is 13.7 Å². The van der Waals surface area contributed by atoms with Gasteiger partial charge in [-0.3, -0.25) is 0 Å². The highest BCUT2D eigenvalue weighted by Crippen LogP contribution is 2.29. The summed E-state index contributed by atoms with van der Waals surface area (Å²) in [6, 6.07) is 14.2. The van der Waals surface area contributed by atoms with Crippen molar-refractivity contribution in [1.29, 1.82) is 0 Å². The molecule has 0 spiro atoms. The van der Waals surface area contributed by atoms with E-state index in [0.717, 1.165) is 29.0 Å². The Hall–Kier alpha value is -1.27. The molecule has 0 fully saturated rings. The highest BCUT2D eigenvalue weighted by Gasteiger charge is 2.06. The summed E-state index contributed by atoms with van der Waals surface area (Å²) in [7, 11) is 1.65. The van der Waals surface area contributed by atoms with Crippen molar-refractivity contribution in [2.45, 2.75) is 13.0 Å². The largest absolute Gasteiger partial charge is 0.493 e. The van der Waals surface area contributed by atoms with Crippen LogP contribution in [0.5, 0.6) is 11.5 Å². The van der Waals surface area contributed by atoms with E-state index in [1.165, 1.54) is 3.57 Å². The molecule has 0 atom stereocenters. The van der Waals surface area contributed by atoms with Crippen molar-refractivity contribution in [2.75, 3.05) is 13.7 Å². The van der Waals surface area contributed by atoms with Crippen LogP contribution in [0.15, 0.2) is 42.5 Å². The van der Waals surface area contributed by atoms with Crippen LogP contribution >= 0.6 is 22.6 Å². The summed E-state index contributed by atoms with van der Waals surface area (Å²) in [5, 5.41) is 0. The first kappa shape index (κ1) is 15.1. The van der Waals surface area contributed by atoms with Gasteiger partial charge < -0.3 is 15.2 Å². The van der Waals surface area contributed by atoms with Crippen LogP contribution in [-0.2, 0) is 13.0 Å². The van der Waals surface area contributed by atoms with Crippen LogP contribution in [0, 0.1) is 3.57 Å². The highest BCUT2D eigenvalue weighted by molar-refractivity contribution is 14.1. The maximum atomic E-state index is 5.83. The molecule has 0 bridgehead atoms. The molecule has 106 valence electrons. The first-order valence-electron chi connectivity index (χ1n) is 6.47. The van der Waals surface area contributed by atoms with Gasteiger partial charge in [-0.2, -0.15) is 0 Å². The van der Waals surface area contributed by atoms with Gasteiger partial charge in [-0.1, -0.05) is 18.2 Å². The lowest BCUT2D eigenvalue weighted by Gasteiger charge is -2.12. The zero-order valence-corrected chi connectivity index (χ0v) is 13.6. The predicted octanol–water partition coefficient (Wildman–Crippen LogP) is 3.38. The molecule has 2 aromatic carbocycles. The standard InChI is InChI=1S/C16H18INO2/c1-19-16-10-12(8-9-18)4-7-15(16)20-11-13-2-5-14(17)6-3-13/h2-7,10H,8-9,11,18H2,1H3. The summed E-state index contributed by atoms with van der Waals surface area (Å²) in [6.07, 6.45) is 0.841. The van der Waals surface area contributed by atoms with Crippen molar-refractivity contribution in [2.24, 2.45) is 5.73 Å². The molecule has 20 heavy (non-hydrogen) atoms. The first-order valence-corrected chi connectivity index (χ1v) is 7.55. The minimum atomic E-state index is 0.531. The van der Waals surface area contributed by atoms with Crippen LogP contribution in [0.3, 0.4) is 0 Å². The first-order chi connectivity index (χ1) is 9.72. The number of halogens is 1. The monoisotopic (exact) mass is 383 g/mol. The Labute approximate surface area is 133 Å². The summed E-state index contributed by atoms with van der Waals surface area (Å²) < 4.78 is 12.4. The number of methoxy groups -OCH3 is 1. The second kappa shape index (κ2) is 7.50. The van der Waals surface area contributed by atoms with Gasteiger partial charge in [0.2, 0.25) is 0 Å². The fourth-order valence-corrected chi connectivity index (χ4v) is 2.25. The lowest BCUT2D eigenvalue weighted by atomic mass is 10.1. The smallest absolute Gasteiger partial charge is 0.161 e. The number of rotatable bonds is 6. The Bertz CT molecular complexity index is 555. The van der Waals surface area contributed by atoms with E-state index in [1.807, 2.05) is 18.2 Å². The third-order valence-electron chi connectivity index (χ3n) is 2.97. The lowest BCUT2D eigenvalue weighted by molar-refractivity contribution is 0.284. The molecule has 0 aliphatic heterocycles. The molecule has 2 aromatic rings. The zero-order chi connectivity index (χ0) is 14.4. The Morgan fingerprint density at radius 1 is 1.00 bits per heavy atom. The van der Waals surface area contributed by atoms with Gasteiger partial charge in [-0.05, 0) is 70.9 Å². The molecule has 0 heterocycles. The van der Waals surface area contributed by atoms with Crippen LogP contribution in [0.25, 0.3) is 0 Å². The normalized spacial score (nSPS) is 10.3. The quantitative estimate of drug-likeness (QED) is 0.778. The average molecular weight is 383 g/mol. The maximum absolute atomic E-state index is 5.83. The molecule has 0 aromatic heterocycles. The number of benzene rings is 2. The fraction of sp³-hybridized carbons (Fsp3) is 0.250. The molecule has 0 radical (unpaired) electrons. The molecule has 2 N–H and O–H groups in total. The molecule has 0 saturated heterocycles. The minimum absolute atomic E-state index is 0.531. The summed E-state index contributed by atoms with van der Waals surface area (Å²) >= 11 is 2.29. The molecule has 0 saturated carbocycles. The van der Waals surface area contributed by atoms with E-state index in [9.17, 15) is 0 Å². The average Bonchev–Trinajstić information content (AvgIpc) is 2.47. The third-order valence-corrected chi connectivity index (χ3v) is 3.69. The van der Waals surface area contributed by atoms with E-state index in [4.69, 9.17) is 15.2 Å². The van der Waals surface area contributed by atoms with E-state index >= 15 is 0 Å². The Balaban J connectivity index is 2.06. The third kappa shape index (κ3) is 4.11. The molecule has 3 nitrogen and oxygen atoms in total. The molecule has 0 aliphatic carbocycles. The van der Waals surface area contributed by atoms with Gasteiger partial charge >= 0.3 is 0 Å². The number of nitrogens with two attached hydrogens (primary N) is 1. The number of ether oxygens (including phenoxy) is 2. The Morgan fingerprint density at radius 2 is 1.70 bits per heavy atom. The van der Waals surface area contributed by atoms with Gasteiger partial charge in [0.25, 0.3) is 0 Å². The van der Waals surface area contributed by atoms with E-state index in [2.05, 4.69) is 46.9 Å². The topological polar surface area (TPSA) is 44.5 Å². The van der Waals surface area contributed by atoms with Crippen molar-refractivity contribution in [1.82, 2.24) is 0 Å². The van der Waals surface area contributed by atoms with Crippen LogP contribution < -0.4 is 15.2 Å². The van der Waals surface area contributed by atoms with E-state index in [1.54, 1.807) is 7.11 Å². The minimum Gasteiger partial charge on any atom is -0.493 e. The van der Waals surface area contributed by atoms with E-state index in [-0.39, 0.29) is 0 Å². The maximum Gasteiger partial charge on any atom is 0.161 e. The lowest BCUT2D eigenvalue weighted by Crippen LogP contribution is -2.03. The summed E-state index contributed by atoms with van der Waals surface area (Å²) in [5.74, 6) is 1.51. The Kier molecular flexibility index (Phi) is 5.67. The fourth-order valence-electron chi connectivity index (χ4n) is 1.90. The van der Waals surface area contributed by atoms with Crippen molar-refractivity contribution in [3.05, 3.63) is 57.2 Å². The van der Waals surface area contributed by atoms with E-state index in [0.29, 0.717) is 13.2 Å². The Morgan fingerprint density at radius 3 is 2.35 bits per heavy atom. The van der Waals surface area contributed by atoms with Gasteiger partial charge in [0.05, 0.1) is 7.11 Å². The molecule has 0 amide bonds. The van der Waals surface area contributed by atoms with Crippen LogP contribution in [0.4, 0.5) is 0 Å². The second-order valence-corrected chi connectivity index (χ2v) is 5.68. The molecule has 0 aliphatic rings. The van der Waals surface area contributed by atoms with Gasteiger partial charge in [0.15, 0.2) is 11.5 Å². The molecule has 2 rings (SSSR count). The van der Waals surface area contributed by atoms with Crippen LogP contribution in [0.1, 0.15) is 11.1 Å². The van der Waals surface area contributed by atoms with Gasteiger partial charge in [0, 0.05) is 3.57 Å². The summed E-state index contributed by atoms with van der Waals surface area (Å²) in [6.45, 7) is 1.16. The zero-order valence-electron chi connectivity index (χ0n) is 11.4. The molecule has 4 heteroatoms. The molecular weight excluding hydrogens is 365 g/mol. The van der Waals surface area contributed by atoms with Gasteiger partial charge in [-0.15, -0.1) is 0 Å². The molecular formula is C16H18INO2. The van der Waals surface area contributed by atoms with Crippen molar-refractivity contribution in [3.63, 3.8) is 0 Å². The number of hydrogen-bond acceptors (Lipinski definition) is 3. The second-order valence-electron chi connectivity index (χ2n) is 4.44. The van der Waals surface area contributed by atoms with Crippen LogP contribution in [0.2, 0.25) is 0 Å². The van der Waals surface area contributed by atoms with Crippen molar-refractivity contribution < 1.29 is 9.47 Å². The van der Waals surface area contributed by atoms with Gasteiger partial charge in [-0.25, -0.2) is 0 Å². The van der Waals surface area contributed by atoms with Crippen molar-refractivity contribution >= 4 is 22.6 Å². The highest BCUT2D eigenvalue weighted by atomic mass is 127. The SMILES string of the molecule is COc1cc(CCN)ccc1OCc1ccc(I)cc1. The predicted molar refractivity (Wildman–Crippen MR) is 89.2 cm³/mol.